The molecule has 18 heavy (non-hydrogen) atoms. The van der Waals surface area contributed by atoms with E-state index in [4.69, 9.17) is 0 Å². The molecule has 0 saturated heterocycles. The third kappa shape index (κ3) is 3.82. The van der Waals surface area contributed by atoms with Gasteiger partial charge in [-0.05, 0) is 56.9 Å². The van der Waals surface area contributed by atoms with Crippen molar-refractivity contribution in [3.05, 3.63) is 35.4 Å². The monoisotopic (exact) mass is 246 g/mol. The lowest BCUT2D eigenvalue weighted by Crippen LogP contribution is -2.32. The van der Waals surface area contributed by atoms with Crippen LogP contribution in [0.15, 0.2) is 24.3 Å². The number of aryl methyl sites for hydroxylation is 1. The molecule has 0 spiro atoms. The number of benzene rings is 1. The van der Waals surface area contributed by atoms with Gasteiger partial charge >= 0.3 is 0 Å². The minimum atomic E-state index is 0.633. The fraction of sp³-hybridized carbons (Fsp3) is 0.625. The van der Waals surface area contributed by atoms with Crippen LogP contribution < -0.4 is 5.32 Å². The molecule has 0 bridgehead atoms. The van der Waals surface area contributed by atoms with Gasteiger partial charge in [-0.1, -0.05) is 31.2 Å². The average Bonchev–Trinajstić information content (AvgIpc) is 2.58. The molecule has 1 aliphatic heterocycles. The standard InChI is InChI=1S/C16H26N2/c1-3-17-14(2)10-12-18-11-6-9-15-7-4-5-8-16(15)13-18/h4-5,7-8,14,17H,3,6,9-13H2,1-2H3. The van der Waals surface area contributed by atoms with Crippen LogP contribution in [0.1, 0.15) is 37.8 Å². The van der Waals surface area contributed by atoms with Gasteiger partial charge in [-0.3, -0.25) is 4.90 Å². The summed E-state index contributed by atoms with van der Waals surface area (Å²) in [5, 5.41) is 3.49. The smallest absolute Gasteiger partial charge is 0.0236 e. The fourth-order valence-corrected chi connectivity index (χ4v) is 2.79. The Balaban J connectivity index is 1.88. The maximum absolute atomic E-state index is 3.49. The van der Waals surface area contributed by atoms with E-state index in [0.29, 0.717) is 6.04 Å². The predicted molar refractivity (Wildman–Crippen MR) is 77.8 cm³/mol. The zero-order valence-corrected chi connectivity index (χ0v) is 11.8. The Kier molecular flexibility index (Phi) is 5.21. The Morgan fingerprint density at radius 1 is 1.28 bits per heavy atom. The summed E-state index contributed by atoms with van der Waals surface area (Å²) in [4.78, 5) is 2.61. The molecule has 1 heterocycles. The predicted octanol–water partition coefficient (Wildman–Crippen LogP) is 2.82. The van der Waals surface area contributed by atoms with Gasteiger partial charge in [0.15, 0.2) is 0 Å². The molecular formula is C16H26N2. The Morgan fingerprint density at radius 3 is 2.83 bits per heavy atom. The van der Waals surface area contributed by atoms with Crippen molar-refractivity contribution in [3.8, 4) is 0 Å². The van der Waals surface area contributed by atoms with Crippen LogP contribution in [0, 0.1) is 0 Å². The van der Waals surface area contributed by atoms with Crippen LogP contribution in [0.3, 0.4) is 0 Å². The summed E-state index contributed by atoms with van der Waals surface area (Å²) in [7, 11) is 0. The van der Waals surface area contributed by atoms with Gasteiger partial charge in [0, 0.05) is 12.6 Å². The number of rotatable bonds is 5. The van der Waals surface area contributed by atoms with Gasteiger partial charge in [0.05, 0.1) is 0 Å². The van der Waals surface area contributed by atoms with Crippen molar-refractivity contribution in [2.24, 2.45) is 0 Å². The largest absolute Gasteiger partial charge is 0.314 e. The molecule has 2 rings (SSSR count). The van der Waals surface area contributed by atoms with E-state index in [9.17, 15) is 0 Å². The quantitative estimate of drug-likeness (QED) is 0.859. The van der Waals surface area contributed by atoms with E-state index in [-0.39, 0.29) is 0 Å². The van der Waals surface area contributed by atoms with Gasteiger partial charge in [0.1, 0.15) is 0 Å². The van der Waals surface area contributed by atoms with Gasteiger partial charge < -0.3 is 5.32 Å². The van der Waals surface area contributed by atoms with Crippen molar-refractivity contribution in [1.82, 2.24) is 10.2 Å². The second kappa shape index (κ2) is 6.91. The molecule has 0 aromatic heterocycles. The molecule has 1 unspecified atom stereocenters. The van der Waals surface area contributed by atoms with Crippen LogP contribution in [0.4, 0.5) is 0 Å². The van der Waals surface area contributed by atoms with Crippen molar-refractivity contribution in [1.29, 1.82) is 0 Å². The van der Waals surface area contributed by atoms with Crippen molar-refractivity contribution < 1.29 is 0 Å². The lowest BCUT2D eigenvalue weighted by molar-refractivity contribution is 0.255. The maximum atomic E-state index is 3.49. The Morgan fingerprint density at radius 2 is 2.06 bits per heavy atom. The summed E-state index contributed by atoms with van der Waals surface area (Å²) in [6.45, 7) is 9.13. The third-order valence-electron chi connectivity index (χ3n) is 3.86. The van der Waals surface area contributed by atoms with Crippen LogP contribution in [0.2, 0.25) is 0 Å². The van der Waals surface area contributed by atoms with Gasteiger partial charge in [-0.15, -0.1) is 0 Å². The van der Waals surface area contributed by atoms with Crippen molar-refractivity contribution in [2.45, 2.75) is 45.7 Å². The van der Waals surface area contributed by atoms with E-state index < -0.39 is 0 Å². The molecule has 1 aromatic rings. The summed E-state index contributed by atoms with van der Waals surface area (Å²) < 4.78 is 0. The number of nitrogens with zero attached hydrogens (tertiary/aromatic N) is 1. The first-order chi connectivity index (χ1) is 8.79. The minimum absolute atomic E-state index is 0.633. The third-order valence-corrected chi connectivity index (χ3v) is 3.86. The first kappa shape index (κ1) is 13.6. The molecule has 100 valence electrons. The lowest BCUT2D eigenvalue weighted by atomic mass is 10.0. The maximum Gasteiger partial charge on any atom is 0.0236 e. The van der Waals surface area contributed by atoms with Crippen LogP contribution in [-0.2, 0) is 13.0 Å². The number of hydrogen-bond acceptors (Lipinski definition) is 2. The molecule has 2 nitrogen and oxygen atoms in total. The van der Waals surface area contributed by atoms with Crippen LogP contribution in [0.5, 0.6) is 0 Å². The zero-order chi connectivity index (χ0) is 12.8. The number of fused-ring (bicyclic) bond motifs is 1. The number of nitrogens with one attached hydrogen (secondary N) is 1. The highest BCUT2D eigenvalue weighted by Gasteiger charge is 2.14. The van der Waals surface area contributed by atoms with E-state index in [0.717, 1.165) is 13.1 Å². The second-order valence-corrected chi connectivity index (χ2v) is 5.40. The Hall–Kier alpha value is -0.860. The zero-order valence-electron chi connectivity index (χ0n) is 11.8. The Labute approximate surface area is 111 Å². The van der Waals surface area contributed by atoms with Gasteiger partial charge in [0.25, 0.3) is 0 Å². The summed E-state index contributed by atoms with van der Waals surface area (Å²) in [5.41, 5.74) is 3.09. The summed E-state index contributed by atoms with van der Waals surface area (Å²) in [5.74, 6) is 0. The first-order valence-electron chi connectivity index (χ1n) is 7.32. The van der Waals surface area contributed by atoms with E-state index in [1.165, 1.54) is 37.9 Å². The van der Waals surface area contributed by atoms with Gasteiger partial charge in [0.2, 0.25) is 0 Å². The van der Waals surface area contributed by atoms with E-state index in [1.54, 1.807) is 5.56 Å². The van der Waals surface area contributed by atoms with Crippen molar-refractivity contribution in [2.75, 3.05) is 19.6 Å². The molecule has 2 heteroatoms. The molecule has 0 amide bonds. The molecule has 0 radical (unpaired) electrons. The number of hydrogen-bond donors (Lipinski definition) is 1. The summed E-state index contributed by atoms with van der Waals surface area (Å²) in [6.07, 6.45) is 3.79. The second-order valence-electron chi connectivity index (χ2n) is 5.40. The SMILES string of the molecule is CCNC(C)CCN1CCCc2ccccc2C1. The first-order valence-corrected chi connectivity index (χ1v) is 7.32. The molecule has 1 N–H and O–H groups in total. The van der Waals surface area contributed by atoms with Crippen molar-refractivity contribution in [3.63, 3.8) is 0 Å². The fourth-order valence-electron chi connectivity index (χ4n) is 2.79. The van der Waals surface area contributed by atoms with Crippen LogP contribution in [0.25, 0.3) is 0 Å². The molecule has 0 aliphatic carbocycles. The average molecular weight is 246 g/mol. The van der Waals surface area contributed by atoms with Crippen molar-refractivity contribution >= 4 is 0 Å². The van der Waals surface area contributed by atoms with E-state index in [1.807, 2.05) is 0 Å². The Bertz CT molecular complexity index is 362. The van der Waals surface area contributed by atoms with E-state index in [2.05, 4.69) is 48.3 Å². The van der Waals surface area contributed by atoms with Gasteiger partial charge in [-0.25, -0.2) is 0 Å². The lowest BCUT2D eigenvalue weighted by Gasteiger charge is -2.22. The highest BCUT2D eigenvalue weighted by molar-refractivity contribution is 5.27. The molecule has 0 fully saturated rings. The molecular weight excluding hydrogens is 220 g/mol. The highest BCUT2D eigenvalue weighted by Crippen LogP contribution is 2.18. The molecule has 1 aromatic carbocycles. The summed E-state index contributed by atoms with van der Waals surface area (Å²) >= 11 is 0. The minimum Gasteiger partial charge on any atom is -0.314 e. The van der Waals surface area contributed by atoms with Crippen LogP contribution >= 0.6 is 0 Å². The summed E-state index contributed by atoms with van der Waals surface area (Å²) in [6, 6.07) is 9.56. The normalized spacial score (nSPS) is 18.1. The van der Waals surface area contributed by atoms with Gasteiger partial charge in [-0.2, -0.15) is 0 Å². The topological polar surface area (TPSA) is 15.3 Å². The molecule has 1 atom stereocenters. The molecule has 1 aliphatic rings. The van der Waals surface area contributed by atoms with E-state index >= 15 is 0 Å². The highest BCUT2D eigenvalue weighted by atomic mass is 15.1. The molecule has 0 saturated carbocycles. The van der Waals surface area contributed by atoms with Crippen LogP contribution in [-0.4, -0.2) is 30.6 Å².